The minimum Gasteiger partial charge on any atom is -0.490 e. The van der Waals surface area contributed by atoms with Gasteiger partial charge in [-0.2, -0.15) is 0 Å². The van der Waals surface area contributed by atoms with Gasteiger partial charge in [0.05, 0.1) is 17.9 Å². The number of ether oxygens (including phenoxy) is 1. The van der Waals surface area contributed by atoms with E-state index in [4.69, 9.17) is 4.74 Å². The fraction of sp³-hybridized carbons (Fsp3) is 0.286. The molecule has 1 saturated heterocycles. The van der Waals surface area contributed by atoms with Gasteiger partial charge >= 0.3 is 6.09 Å². The van der Waals surface area contributed by atoms with Gasteiger partial charge in [-0.15, -0.1) is 12.4 Å². The molecule has 0 spiro atoms. The van der Waals surface area contributed by atoms with E-state index in [2.05, 4.69) is 24.5 Å². The Hall–Kier alpha value is -3.55. The number of carbonyl (C=O) groups excluding carboxylic acids is 1. The summed E-state index contributed by atoms with van der Waals surface area (Å²) in [5.74, 6) is 0.404. The number of carbonyl (C=O) groups is 2. The Labute approximate surface area is 217 Å². The third-order valence-corrected chi connectivity index (χ3v) is 6.08. The zero-order valence-electron chi connectivity index (χ0n) is 20.4. The lowest BCUT2D eigenvalue weighted by Gasteiger charge is -2.36. The van der Waals surface area contributed by atoms with Crippen molar-refractivity contribution >= 4 is 35.8 Å². The van der Waals surface area contributed by atoms with Gasteiger partial charge in [0, 0.05) is 17.5 Å². The summed E-state index contributed by atoms with van der Waals surface area (Å²) >= 11 is 0. The molecule has 3 aromatic carbocycles. The molecule has 2 amide bonds. The van der Waals surface area contributed by atoms with Crippen LogP contribution in [-0.2, 0) is 6.54 Å². The lowest BCUT2D eigenvalue weighted by atomic mass is 9.91. The molecule has 36 heavy (non-hydrogen) atoms. The van der Waals surface area contributed by atoms with Crippen molar-refractivity contribution in [2.75, 3.05) is 16.8 Å². The van der Waals surface area contributed by atoms with Crippen LogP contribution in [-0.4, -0.2) is 35.3 Å². The first kappa shape index (κ1) is 27.0. The van der Waals surface area contributed by atoms with Crippen molar-refractivity contribution in [3.05, 3.63) is 90.0 Å². The van der Waals surface area contributed by atoms with Gasteiger partial charge in [-0.25, -0.2) is 4.79 Å². The SMILES string of the molecule is CC1(C)CC(Oc2ccc(C(=O)Nc3ccccc3N(Cc3ccccc3)C(=O)O)cc2)CCN1.Cl. The molecule has 1 unspecified atom stereocenters. The minimum absolute atomic E-state index is 0. The summed E-state index contributed by atoms with van der Waals surface area (Å²) in [6.45, 7) is 5.41. The molecule has 1 aliphatic heterocycles. The first-order chi connectivity index (χ1) is 16.8. The van der Waals surface area contributed by atoms with E-state index in [1.165, 1.54) is 4.90 Å². The maximum absolute atomic E-state index is 13.0. The van der Waals surface area contributed by atoms with Crippen molar-refractivity contribution in [2.45, 2.75) is 44.9 Å². The van der Waals surface area contributed by atoms with Crippen LogP contribution in [0.3, 0.4) is 0 Å². The minimum atomic E-state index is -1.10. The summed E-state index contributed by atoms with van der Waals surface area (Å²) in [6.07, 6.45) is 0.878. The maximum Gasteiger partial charge on any atom is 0.412 e. The Kier molecular flexibility index (Phi) is 8.96. The Morgan fingerprint density at radius 2 is 1.69 bits per heavy atom. The van der Waals surface area contributed by atoms with E-state index >= 15 is 0 Å². The average molecular weight is 510 g/mol. The summed E-state index contributed by atoms with van der Waals surface area (Å²) in [7, 11) is 0. The van der Waals surface area contributed by atoms with Crippen LogP contribution in [0.15, 0.2) is 78.9 Å². The normalized spacial score (nSPS) is 16.3. The number of nitrogens with one attached hydrogen (secondary N) is 2. The molecule has 3 aromatic rings. The second-order valence-corrected chi connectivity index (χ2v) is 9.39. The maximum atomic E-state index is 13.0. The van der Waals surface area contributed by atoms with E-state index in [-0.39, 0.29) is 36.5 Å². The molecule has 7 nitrogen and oxygen atoms in total. The van der Waals surface area contributed by atoms with E-state index in [0.29, 0.717) is 16.9 Å². The van der Waals surface area contributed by atoms with Crippen molar-refractivity contribution in [3.63, 3.8) is 0 Å². The molecule has 0 aliphatic carbocycles. The average Bonchev–Trinajstić information content (AvgIpc) is 2.83. The van der Waals surface area contributed by atoms with Crippen molar-refractivity contribution in [3.8, 4) is 5.75 Å². The molecule has 0 aromatic heterocycles. The van der Waals surface area contributed by atoms with Crippen LogP contribution >= 0.6 is 12.4 Å². The standard InChI is InChI=1S/C28H31N3O4.ClH/c1-28(2)18-23(16-17-29-28)35-22-14-12-21(13-15-22)26(32)30-24-10-6-7-11-25(24)31(27(33)34)19-20-8-4-3-5-9-20;/h3-15,23,29H,16-19H2,1-2H3,(H,30,32)(H,33,34);1H. The molecule has 0 radical (unpaired) electrons. The molecule has 1 atom stereocenters. The van der Waals surface area contributed by atoms with E-state index in [1.54, 1.807) is 48.5 Å². The Morgan fingerprint density at radius 1 is 1.03 bits per heavy atom. The number of halogens is 1. The monoisotopic (exact) mass is 509 g/mol. The van der Waals surface area contributed by atoms with E-state index in [9.17, 15) is 14.7 Å². The highest BCUT2D eigenvalue weighted by atomic mass is 35.5. The molecular weight excluding hydrogens is 478 g/mol. The molecule has 1 fully saturated rings. The largest absolute Gasteiger partial charge is 0.490 e. The number of para-hydroxylation sites is 2. The molecule has 0 bridgehead atoms. The fourth-order valence-corrected chi connectivity index (χ4v) is 4.32. The molecule has 0 saturated carbocycles. The number of anilines is 2. The quantitative estimate of drug-likeness (QED) is 0.366. The van der Waals surface area contributed by atoms with Crippen LogP contribution in [0.5, 0.6) is 5.75 Å². The van der Waals surface area contributed by atoms with Crippen molar-refractivity contribution < 1.29 is 19.4 Å². The number of amides is 2. The van der Waals surface area contributed by atoms with Gasteiger partial charge in [-0.1, -0.05) is 42.5 Å². The number of nitrogens with zero attached hydrogens (tertiary/aromatic N) is 1. The highest BCUT2D eigenvalue weighted by molar-refractivity contribution is 6.07. The molecule has 3 N–H and O–H groups in total. The summed E-state index contributed by atoms with van der Waals surface area (Å²) in [5, 5.41) is 16.2. The number of rotatable bonds is 7. The van der Waals surface area contributed by atoms with Gasteiger partial charge < -0.3 is 20.5 Å². The van der Waals surface area contributed by atoms with E-state index in [0.717, 1.165) is 30.7 Å². The Balaban J connectivity index is 0.00000361. The van der Waals surface area contributed by atoms with E-state index in [1.807, 2.05) is 30.3 Å². The second-order valence-electron chi connectivity index (χ2n) is 9.39. The highest BCUT2D eigenvalue weighted by Crippen LogP contribution is 2.28. The van der Waals surface area contributed by atoms with Crippen molar-refractivity contribution in [1.29, 1.82) is 0 Å². The van der Waals surface area contributed by atoms with Crippen molar-refractivity contribution in [2.24, 2.45) is 0 Å². The lowest BCUT2D eigenvalue weighted by molar-refractivity contribution is 0.102. The highest BCUT2D eigenvalue weighted by Gasteiger charge is 2.28. The van der Waals surface area contributed by atoms with Gasteiger partial charge in [0.1, 0.15) is 11.9 Å². The number of piperidine rings is 1. The molecule has 8 heteroatoms. The third-order valence-electron chi connectivity index (χ3n) is 6.08. The molecule has 1 heterocycles. The molecule has 4 rings (SSSR count). The van der Waals surface area contributed by atoms with Gasteiger partial charge in [0.15, 0.2) is 0 Å². The van der Waals surface area contributed by atoms with Crippen LogP contribution < -0.4 is 20.3 Å². The van der Waals surface area contributed by atoms with Crippen LogP contribution in [0, 0.1) is 0 Å². The predicted octanol–water partition coefficient (Wildman–Crippen LogP) is 5.95. The summed E-state index contributed by atoms with van der Waals surface area (Å²) in [6, 6.07) is 23.3. The van der Waals surface area contributed by atoms with Crippen LogP contribution in [0.1, 0.15) is 42.6 Å². The first-order valence-electron chi connectivity index (χ1n) is 11.8. The zero-order valence-corrected chi connectivity index (χ0v) is 21.3. The van der Waals surface area contributed by atoms with Gasteiger partial charge in [0.2, 0.25) is 0 Å². The summed E-state index contributed by atoms with van der Waals surface area (Å²) < 4.78 is 6.13. The molecule has 190 valence electrons. The number of hydrogen-bond donors (Lipinski definition) is 3. The smallest absolute Gasteiger partial charge is 0.412 e. The molecule has 1 aliphatic rings. The zero-order chi connectivity index (χ0) is 24.8. The van der Waals surface area contributed by atoms with Gasteiger partial charge in [-0.3, -0.25) is 9.69 Å². The second kappa shape index (κ2) is 11.9. The first-order valence-corrected chi connectivity index (χ1v) is 11.8. The van der Waals surface area contributed by atoms with E-state index < -0.39 is 6.09 Å². The van der Waals surface area contributed by atoms with Crippen LogP contribution in [0.2, 0.25) is 0 Å². The topological polar surface area (TPSA) is 90.9 Å². The lowest BCUT2D eigenvalue weighted by Crippen LogP contribution is -2.49. The van der Waals surface area contributed by atoms with Crippen LogP contribution in [0.4, 0.5) is 16.2 Å². The van der Waals surface area contributed by atoms with Gasteiger partial charge in [-0.05, 0) is 68.8 Å². The Bertz CT molecular complexity index is 1170. The fourth-order valence-electron chi connectivity index (χ4n) is 4.32. The van der Waals surface area contributed by atoms with Gasteiger partial charge in [0.25, 0.3) is 5.91 Å². The van der Waals surface area contributed by atoms with Crippen LogP contribution in [0.25, 0.3) is 0 Å². The number of benzene rings is 3. The third kappa shape index (κ3) is 6.99. The summed E-state index contributed by atoms with van der Waals surface area (Å²) in [4.78, 5) is 26.3. The number of carboxylic acid groups (broad SMARTS) is 1. The predicted molar refractivity (Wildman–Crippen MR) is 144 cm³/mol. The number of hydrogen-bond acceptors (Lipinski definition) is 4. The Morgan fingerprint density at radius 3 is 2.36 bits per heavy atom. The van der Waals surface area contributed by atoms with Crippen molar-refractivity contribution in [1.82, 2.24) is 5.32 Å². The molecular formula is C28H32ClN3O4. The summed E-state index contributed by atoms with van der Waals surface area (Å²) in [5.41, 5.74) is 2.19.